The van der Waals surface area contributed by atoms with Gasteiger partial charge in [0.05, 0.1) is 13.2 Å². The quantitative estimate of drug-likeness (QED) is 0.820. The lowest BCUT2D eigenvalue weighted by Crippen LogP contribution is -2.40. The van der Waals surface area contributed by atoms with Crippen molar-refractivity contribution in [3.05, 3.63) is 17.9 Å². The number of carbonyl (C=O) groups excluding carboxylic acids is 1. The molecule has 1 aromatic rings. The van der Waals surface area contributed by atoms with Crippen LogP contribution < -0.4 is 0 Å². The van der Waals surface area contributed by atoms with Gasteiger partial charge in [0, 0.05) is 26.2 Å². The highest BCUT2D eigenvalue weighted by molar-refractivity contribution is 7.89. The molecule has 1 amide bonds. The van der Waals surface area contributed by atoms with E-state index in [0.29, 0.717) is 26.3 Å². The Morgan fingerprint density at radius 1 is 1.17 bits per heavy atom. The highest BCUT2D eigenvalue weighted by Gasteiger charge is 2.31. The van der Waals surface area contributed by atoms with Gasteiger partial charge in [-0.1, -0.05) is 19.3 Å². The van der Waals surface area contributed by atoms with E-state index >= 15 is 0 Å². The molecule has 1 aromatic heterocycles. The minimum Gasteiger partial charge on any atom is -0.438 e. The van der Waals surface area contributed by atoms with Crippen LogP contribution in [0.25, 0.3) is 0 Å². The molecule has 24 heavy (non-hydrogen) atoms. The van der Waals surface area contributed by atoms with Gasteiger partial charge >= 0.3 is 0 Å². The van der Waals surface area contributed by atoms with Crippen LogP contribution in [0.4, 0.5) is 0 Å². The summed E-state index contributed by atoms with van der Waals surface area (Å²) >= 11 is 0. The number of hydrogen-bond donors (Lipinski definition) is 0. The molecule has 1 saturated heterocycles. The second kappa shape index (κ2) is 7.25. The fraction of sp³-hybridized carbons (Fsp3) is 0.688. The van der Waals surface area contributed by atoms with Crippen molar-refractivity contribution in [2.45, 2.75) is 43.2 Å². The van der Waals surface area contributed by atoms with Gasteiger partial charge in [0.15, 0.2) is 5.76 Å². The molecule has 7 nitrogen and oxygen atoms in total. The highest BCUT2D eigenvalue weighted by atomic mass is 32.2. The summed E-state index contributed by atoms with van der Waals surface area (Å²) < 4.78 is 37.0. The molecule has 1 saturated carbocycles. The van der Waals surface area contributed by atoms with Gasteiger partial charge in [0.1, 0.15) is 0 Å². The number of rotatable bonds is 4. The van der Waals surface area contributed by atoms with Gasteiger partial charge < -0.3 is 14.1 Å². The van der Waals surface area contributed by atoms with E-state index in [1.165, 1.54) is 22.9 Å². The molecule has 0 aromatic carbocycles. The first kappa shape index (κ1) is 17.4. The molecule has 0 spiro atoms. The van der Waals surface area contributed by atoms with Crippen molar-refractivity contribution in [1.29, 1.82) is 0 Å². The molecule has 0 N–H and O–H groups in total. The number of carbonyl (C=O) groups is 1. The zero-order valence-corrected chi connectivity index (χ0v) is 14.8. The van der Waals surface area contributed by atoms with Crippen LogP contribution in [0.3, 0.4) is 0 Å². The lowest BCUT2D eigenvalue weighted by molar-refractivity contribution is 0.0653. The predicted octanol–water partition coefficient (Wildman–Crippen LogP) is 1.71. The summed E-state index contributed by atoms with van der Waals surface area (Å²) in [6, 6.07) is 3.03. The van der Waals surface area contributed by atoms with Gasteiger partial charge in [-0.25, -0.2) is 8.42 Å². The maximum Gasteiger partial charge on any atom is 0.289 e. The van der Waals surface area contributed by atoms with E-state index < -0.39 is 10.0 Å². The van der Waals surface area contributed by atoms with Gasteiger partial charge in [0.2, 0.25) is 5.09 Å². The molecule has 2 aliphatic rings. The smallest absolute Gasteiger partial charge is 0.289 e. The van der Waals surface area contributed by atoms with Crippen molar-refractivity contribution in [1.82, 2.24) is 9.21 Å². The topological polar surface area (TPSA) is 80.1 Å². The van der Waals surface area contributed by atoms with E-state index in [-0.39, 0.29) is 22.8 Å². The number of amides is 1. The van der Waals surface area contributed by atoms with E-state index in [9.17, 15) is 13.2 Å². The molecule has 2 heterocycles. The molecule has 8 heteroatoms. The summed E-state index contributed by atoms with van der Waals surface area (Å²) in [5, 5.41) is -0.176. The van der Waals surface area contributed by atoms with Gasteiger partial charge in [-0.05, 0) is 25.0 Å². The summed E-state index contributed by atoms with van der Waals surface area (Å²) in [5.74, 6) is -0.180. The average molecular weight is 356 g/mol. The molecule has 3 rings (SSSR count). The molecule has 134 valence electrons. The van der Waals surface area contributed by atoms with Crippen molar-refractivity contribution in [3.63, 3.8) is 0 Å². The van der Waals surface area contributed by atoms with E-state index in [2.05, 4.69) is 0 Å². The fourth-order valence-corrected chi connectivity index (χ4v) is 4.62. The lowest BCUT2D eigenvalue weighted by atomic mass is 9.94. The number of hydrogen-bond acceptors (Lipinski definition) is 5. The van der Waals surface area contributed by atoms with E-state index in [0.717, 1.165) is 25.7 Å². The van der Waals surface area contributed by atoms with E-state index in [1.807, 2.05) is 0 Å². The maximum absolute atomic E-state index is 12.6. The molecule has 0 unspecified atom stereocenters. The third-order valence-electron chi connectivity index (χ3n) is 4.80. The summed E-state index contributed by atoms with van der Waals surface area (Å²) in [6.45, 7) is 1.34. The molecule has 0 radical (unpaired) electrons. The van der Waals surface area contributed by atoms with Crippen molar-refractivity contribution < 1.29 is 22.4 Å². The van der Waals surface area contributed by atoms with Crippen molar-refractivity contribution in [3.8, 4) is 0 Å². The number of morpholine rings is 1. The molecule has 2 fully saturated rings. The minimum atomic E-state index is -3.71. The van der Waals surface area contributed by atoms with Crippen LogP contribution >= 0.6 is 0 Å². The van der Waals surface area contributed by atoms with Crippen LogP contribution in [0.15, 0.2) is 21.6 Å². The Hall–Kier alpha value is -1.38. The Balaban J connectivity index is 1.73. The maximum atomic E-state index is 12.6. The van der Waals surface area contributed by atoms with E-state index in [4.69, 9.17) is 9.15 Å². The highest BCUT2D eigenvalue weighted by Crippen LogP contribution is 2.25. The Kier molecular flexibility index (Phi) is 5.27. The van der Waals surface area contributed by atoms with Crippen molar-refractivity contribution in [2.75, 3.05) is 33.4 Å². The molecule has 0 bridgehead atoms. The van der Waals surface area contributed by atoms with Crippen LogP contribution in [-0.4, -0.2) is 62.9 Å². The SMILES string of the molecule is CN(C(=O)c1ccc(S(=O)(=O)N2CCOCC2)o1)C1CCCCC1. The Morgan fingerprint density at radius 3 is 2.50 bits per heavy atom. The Labute approximate surface area is 142 Å². The standard InChI is InChI=1S/C16H24N2O5S/c1-17(13-5-3-2-4-6-13)16(19)14-7-8-15(23-14)24(20,21)18-9-11-22-12-10-18/h7-8,13H,2-6,9-12H2,1H3. The van der Waals surface area contributed by atoms with Crippen LogP contribution in [0.5, 0.6) is 0 Å². The van der Waals surface area contributed by atoms with Gasteiger partial charge in [-0.15, -0.1) is 0 Å². The molecule has 1 aliphatic carbocycles. The number of ether oxygens (including phenoxy) is 1. The molecular formula is C16H24N2O5S. The molecular weight excluding hydrogens is 332 g/mol. The summed E-state index contributed by atoms with van der Waals surface area (Å²) in [5.41, 5.74) is 0. The number of furan rings is 1. The Morgan fingerprint density at radius 2 is 1.83 bits per heavy atom. The van der Waals surface area contributed by atoms with Gasteiger partial charge in [-0.3, -0.25) is 4.79 Å². The number of sulfonamides is 1. The largest absolute Gasteiger partial charge is 0.438 e. The Bertz CT molecular complexity index is 672. The lowest BCUT2D eigenvalue weighted by Gasteiger charge is -2.30. The summed E-state index contributed by atoms with van der Waals surface area (Å²) in [6.07, 6.45) is 5.43. The van der Waals surface area contributed by atoms with Crippen molar-refractivity contribution >= 4 is 15.9 Å². The van der Waals surface area contributed by atoms with Gasteiger partial charge in [0.25, 0.3) is 15.9 Å². The third-order valence-corrected chi connectivity index (χ3v) is 6.57. The third kappa shape index (κ3) is 3.50. The van der Waals surface area contributed by atoms with Crippen LogP contribution in [-0.2, 0) is 14.8 Å². The first-order chi connectivity index (χ1) is 11.5. The first-order valence-corrected chi connectivity index (χ1v) is 9.89. The molecule has 0 atom stereocenters. The van der Waals surface area contributed by atoms with Crippen LogP contribution in [0.1, 0.15) is 42.7 Å². The fourth-order valence-electron chi connectivity index (χ4n) is 3.30. The summed E-state index contributed by atoms with van der Waals surface area (Å²) in [4.78, 5) is 14.2. The van der Waals surface area contributed by atoms with Gasteiger partial charge in [-0.2, -0.15) is 4.31 Å². The van der Waals surface area contributed by atoms with E-state index in [1.54, 1.807) is 11.9 Å². The second-order valence-corrected chi connectivity index (χ2v) is 8.21. The minimum absolute atomic E-state index is 0.0786. The molecule has 1 aliphatic heterocycles. The monoisotopic (exact) mass is 356 g/mol. The first-order valence-electron chi connectivity index (χ1n) is 8.45. The average Bonchev–Trinajstić information content (AvgIpc) is 3.13. The summed E-state index contributed by atoms with van der Waals surface area (Å²) in [7, 11) is -1.95. The zero-order valence-electron chi connectivity index (χ0n) is 13.9. The second-order valence-electron chi connectivity index (χ2n) is 6.34. The number of nitrogens with zero attached hydrogens (tertiary/aromatic N) is 2. The van der Waals surface area contributed by atoms with Crippen molar-refractivity contribution in [2.24, 2.45) is 0 Å². The predicted molar refractivity (Wildman–Crippen MR) is 87.3 cm³/mol. The van der Waals surface area contributed by atoms with Crippen LogP contribution in [0, 0.1) is 0 Å². The van der Waals surface area contributed by atoms with Crippen LogP contribution in [0.2, 0.25) is 0 Å². The normalized spacial score (nSPS) is 20.9. The zero-order chi connectivity index (χ0) is 17.2.